The molecule has 0 bridgehead atoms. The summed E-state index contributed by atoms with van der Waals surface area (Å²) in [5.74, 6) is 1.23. The van der Waals surface area contributed by atoms with E-state index in [0.717, 1.165) is 24.9 Å². The molecule has 1 aromatic carbocycles. The summed E-state index contributed by atoms with van der Waals surface area (Å²) in [6, 6.07) is 5.69. The van der Waals surface area contributed by atoms with Crippen molar-refractivity contribution in [3.8, 4) is 17.2 Å². The minimum absolute atomic E-state index is 0.263. The third-order valence-corrected chi connectivity index (χ3v) is 6.52. The Kier molecular flexibility index (Phi) is 5.11. The van der Waals surface area contributed by atoms with Crippen LogP contribution in [0.5, 0.6) is 17.2 Å². The number of aryl methyl sites for hydroxylation is 1. The van der Waals surface area contributed by atoms with Crippen LogP contribution in [-0.4, -0.2) is 54.0 Å². The van der Waals surface area contributed by atoms with Crippen LogP contribution in [0, 0.1) is 6.92 Å². The molecule has 4 heterocycles. The number of carboxylic acid groups (broad SMARTS) is 1. The van der Waals surface area contributed by atoms with E-state index in [1.165, 1.54) is 6.20 Å². The molecule has 5 rings (SSSR count). The number of ether oxygens (including phenoxy) is 3. The first-order chi connectivity index (χ1) is 15.9. The quantitative estimate of drug-likeness (QED) is 0.632. The molecule has 172 valence electrons. The first kappa shape index (κ1) is 21.1. The van der Waals surface area contributed by atoms with E-state index in [1.54, 1.807) is 31.8 Å². The number of carboxylic acids is 1. The van der Waals surface area contributed by atoms with Crippen molar-refractivity contribution in [2.24, 2.45) is 0 Å². The molecule has 1 N–H and O–H groups in total. The van der Waals surface area contributed by atoms with E-state index in [0.29, 0.717) is 40.9 Å². The van der Waals surface area contributed by atoms with Crippen LogP contribution >= 0.6 is 0 Å². The highest BCUT2D eigenvalue weighted by atomic mass is 16.5. The molecule has 2 aromatic heterocycles. The Balaban J connectivity index is 1.75. The number of anilines is 1. The van der Waals surface area contributed by atoms with E-state index in [-0.39, 0.29) is 23.5 Å². The van der Waals surface area contributed by atoms with Crippen LogP contribution < -0.4 is 24.5 Å². The van der Waals surface area contributed by atoms with Gasteiger partial charge < -0.3 is 28.8 Å². The maximum atomic E-state index is 13.2. The van der Waals surface area contributed by atoms with Crippen LogP contribution in [0.25, 0.3) is 11.0 Å². The molecular weight excluding hydrogens is 426 g/mol. The van der Waals surface area contributed by atoms with Crippen LogP contribution in [0.4, 0.5) is 5.82 Å². The third-order valence-electron chi connectivity index (χ3n) is 6.52. The number of methoxy groups -OCH3 is 2. The number of carbonyl (C=O) groups is 1. The van der Waals surface area contributed by atoms with Gasteiger partial charge in [0.25, 0.3) is 0 Å². The molecular formula is C24H25N3O6. The van der Waals surface area contributed by atoms with E-state index in [4.69, 9.17) is 19.2 Å². The number of fused-ring (bicyclic) bond motifs is 4. The van der Waals surface area contributed by atoms with Gasteiger partial charge in [0, 0.05) is 29.9 Å². The van der Waals surface area contributed by atoms with Crippen molar-refractivity contribution in [2.75, 3.05) is 32.3 Å². The smallest absolute Gasteiger partial charge is 0.341 e. The van der Waals surface area contributed by atoms with Gasteiger partial charge in [-0.3, -0.25) is 4.79 Å². The molecule has 2 aliphatic heterocycles. The molecule has 3 aromatic rings. The van der Waals surface area contributed by atoms with Crippen LogP contribution in [0.1, 0.15) is 34.3 Å². The van der Waals surface area contributed by atoms with Crippen LogP contribution in [0.2, 0.25) is 0 Å². The Hall–Kier alpha value is -3.75. The lowest BCUT2D eigenvalue weighted by Crippen LogP contribution is -2.39. The number of nitrogens with zero attached hydrogens (tertiary/aromatic N) is 3. The van der Waals surface area contributed by atoms with Gasteiger partial charge in [-0.25, -0.2) is 9.78 Å². The van der Waals surface area contributed by atoms with E-state index < -0.39 is 11.4 Å². The SMILES string of the molecule is COc1ccc(Cn2cc(C(=O)O)c(=O)c3c(C)c4c(nc32)N2CCC[C@H]2CO4)c(OC)c1. The average molecular weight is 451 g/mol. The van der Waals surface area contributed by atoms with Gasteiger partial charge >= 0.3 is 5.97 Å². The number of hydrogen-bond donors (Lipinski definition) is 1. The van der Waals surface area contributed by atoms with Gasteiger partial charge in [0.1, 0.15) is 29.3 Å². The zero-order valence-corrected chi connectivity index (χ0v) is 18.8. The van der Waals surface area contributed by atoms with E-state index in [1.807, 2.05) is 12.1 Å². The van der Waals surface area contributed by atoms with Crippen molar-refractivity contribution in [3.63, 3.8) is 0 Å². The number of aromatic carboxylic acids is 1. The van der Waals surface area contributed by atoms with Gasteiger partial charge in [-0.05, 0) is 31.9 Å². The molecule has 0 aliphatic carbocycles. The summed E-state index contributed by atoms with van der Waals surface area (Å²) in [6.45, 7) is 3.48. The van der Waals surface area contributed by atoms with Gasteiger partial charge in [0.15, 0.2) is 11.6 Å². The minimum atomic E-state index is -1.28. The van der Waals surface area contributed by atoms with Crippen molar-refractivity contribution < 1.29 is 24.1 Å². The Morgan fingerprint density at radius 1 is 1.30 bits per heavy atom. The molecule has 2 aliphatic rings. The molecule has 0 amide bonds. The second-order valence-corrected chi connectivity index (χ2v) is 8.37. The molecule has 1 fully saturated rings. The van der Waals surface area contributed by atoms with Crippen molar-refractivity contribution in [1.82, 2.24) is 9.55 Å². The Labute approximate surface area is 190 Å². The number of pyridine rings is 2. The molecule has 0 saturated carbocycles. The Morgan fingerprint density at radius 3 is 2.85 bits per heavy atom. The average Bonchev–Trinajstić information content (AvgIpc) is 3.30. The first-order valence-electron chi connectivity index (χ1n) is 10.8. The lowest BCUT2D eigenvalue weighted by molar-refractivity contribution is 0.0695. The fraction of sp³-hybridized carbons (Fsp3) is 0.375. The van der Waals surface area contributed by atoms with Gasteiger partial charge in [-0.2, -0.15) is 0 Å². The summed E-state index contributed by atoms with van der Waals surface area (Å²) in [7, 11) is 3.14. The standard InChI is InChI=1S/C24H25N3O6/c1-13-19-20(28)17(24(29)30)11-26(10-14-6-7-16(31-2)9-18(14)32-3)22(19)25-23-21(13)33-12-15-5-4-8-27(15)23/h6-7,9,11,15H,4-5,8,10,12H2,1-3H3,(H,29,30)/t15-/m0/s1. The number of benzene rings is 1. The first-order valence-corrected chi connectivity index (χ1v) is 10.8. The molecule has 9 nitrogen and oxygen atoms in total. The minimum Gasteiger partial charge on any atom is -0.497 e. The molecule has 0 spiro atoms. The maximum absolute atomic E-state index is 13.2. The van der Waals surface area contributed by atoms with Crippen molar-refractivity contribution in [3.05, 3.63) is 51.3 Å². The van der Waals surface area contributed by atoms with Crippen molar-refractivity contribution >= 4 is 22.8 Å². The number of rotatable bonds is 5. The Morgan fingerprint density at radius 2 is 2.12 bits per heavy atom. The van der Waals surface area contributed by atoms with Crippen LogP contribution in [-0.2, 0) is 6.54 Å². The van der Waals surface area contributed by atoms with Gasteiger partial charge in [0.2, 0.25) is 5.43 Å². The fourth-order valence-electron chi connectivity index (χ4n) is 4.82. The molecule has 0 radical (unpaired) electrons. The lowest BCUT2D eigenvalue weighted by atomic mass is 10.1. The van der Waals surface area contributed by atoms with Gasteiger partial charge in [-0.1, -0.05) is 0 Å². The van der Waals surface area contributed by atoms with Crippen molar-refractivity contribution in [1.29, 1.82) is 0 Å². The molecule has 1 atom stereocenters. The number of aromatic nitrogens is 2. The highest BCUT2D eigenvalue weighted by Crippen LogP contribution is 2.41. The summed E-state index contributed by atoms with van der Waals surface area (Å²) in [6.07, 6.45) is 3.45. The van der Waals surface area contributed by atoms with Crippen LogP contribution in [0.15, 0.2) is 29.2 Å². The normalized spacial score (nSPS) is 16.8. The highest BCUT2D eigenvalue weighted by Gasteiger charge is 2.35. The molecule has 33 heavy (non-hydrogen) atoms. The topological polar surface area (TPSA) is 103 Å². The third kappa shape index (κ3) is 3.35. The predicted octanol–water partition coefficient (Wildman–Crippen LogP) is 2.83. The maximum Gasteiger partial charge on any atom is 0.341 e. The molecule has 1 saturated heterocycles. The van der Waals surface area contributed by atoms with E-state index in [2.05, 4.69) is 4.90 Å². The second kappa shape index (κ2) is 7.99. The summed E-state index contributed by atoms with van der Waals surface area (Å²) in [4.78, 5) is 32.2. The summed E-state index contributed by atoms with van der Waals surface area (Å²) < 4.78 is 18.5. The summed E-state index contributed by atoms with van der Waals surface area (Å²) >= 11 is 0. The zero-order chi connectivity index (χ0) is 23.3. The zero-order valence-electron chi connectivity index (χ0n) is 18.8. The fourth-order valence-corrected chi connectivity index (χ4v) is 4.82. The molecule has 9 heteroatoms. The predicted molar refractivity (Wildman–Crippen MR) is 122 cm³/mol. The van der Waals surface area contributed by atoms with E-state index >= 15 is 0 Å². The monoisotopic (exact) mass is 451 g/mol. The second-order valence-electron chi connectivity index (χ2n) is 8.37. The lowest BCUT2D eigenvalue weighted by Gasteiger charge is -2.33. The number of hydrogen-bond acceptors (Lipinski definition) is 7. The van der Waals surface area contributed by atoms with Gasteiger partial charge in [0.05, 0.1) is 32.2 Å². The summed E-state index contributed by atoms with van der Waals surface area (Å²) in [5.41, 5.74) is 0.969. The van der Waals surface area contributed by atoms with Crippen molar-refractivity contribution in [2.45, 2.75) is 32.4 Å². The summed E-state index contributed by atoms with van der Waals surface area (Å²) in [5, 5.41) is 9.99. The molecule has 0 unspecified atom stereocenters. The highest BCUT2D eigenvalue weighted by molar-refractivity contribution is 5.94. The van der Waals surface area contributed by atoms with Crippen LogP contribution in [0.3, 0.4) is 0 Å². The van der Waals surface area contributed by atoms with E-state index in [9.17, 15) is 14.7 Å². The van der Waals surface area contributed by atoms with Gasteiger partial charge in [-0.15, -0.1) is 0 Å². The Bertz CT molecular complexity index is 1330. The largest absolute Gasteiger partial charge is 0.497 e.